The van der Waals surface area contributed by atoms with Gasteiger partial charge in [0.05, 0.1) is 27.9 Å². The van der Waals surface area contributed by atoms with E-state index >= 15 is 0 Å². The molecule has 0 fully saturated rings. The molecule has 0 amide bonds. The van der Waals surface area contributed by atoms with Crippen LogP contribution in [0.25, 0.3) is 93.5 Å². The molecule has 220 valence electrons. The van der Waals surface area contributed by atoms with Crippen LogP contribution >= 0.6 is 0 Å². The van der Waals surface area contributed by atoms with Gasteiger partial charge < -0.3 is 8.98 Å². The van der Waals surface area contributed by atoms with Crippen molar-refractivity contribution in [3.63, 3.8) is 0 Å². The maximum atomic E-state index is 6.48. The Hall–Kier alpha value is -6.19. The van der Waals surface area contributed by atoms with Crippen molar-refractivity contribution in [2.75, 3.05) is 0 Å². The van der Waals surface area contributed by atoms with Crippen molar-refractivity contribution in [1.82, 2.24) is 9.55 Å². The number of furan rings is 1. The first-order valence-electron chi connectivity index (χ1n) is 16.1. The van der Waals surface area contributed by atoms with Crippen molar-refractivity contribution in [3.8, 4) is 28.1 Å². The van der Waals surface area contributed by atoms with E-state index in [0.717, 1.165) is 60.8 Å². The summed E-state index contributed by atoms with van der Waals surface area (Å²) >= 11 is 0. The predicted octanol–water partition coefficient (Wildman–Crippen LogP) is 12.0. The van der Waals surface area contributed by atoms with Crippen LogP contribution in [0.2, 0.25) is 0 Å². The van der Waals surface area contributed by atoms with Crippen molar-refractivity contribution in [2.24, 2.45) is 0 Å². The molecule has 10 aromatic rings. The van der Waals surface area contributed by atoms with Crippen LogP contribution in [0.15, 0.2) is 156 Å². The number of para-hydroxylation sites is 2. The van der Waals surface area contributed by atoms with Gasteiger partial charge in [0.1, 0.15) is 11.2 Å². The van der Waals surface area contributed by atoms with Crippen molar-refractivity contribution in [2.45, 2.75) is 6.92 Å². The van der Waals surface area contributed by atoms with Gasteiger partial charge in [-0.25, -0.2) is 4.98 Å². The number of benzene rings is 7. The van der Waals surface area contributed by atoms with Gasteiger partial charge in [-0.3, -0.25) is 0 Å². The summed E-state index contributed by atoms with van der Waals surface area (Å²) < 4.78 is 8.91. The van der Waals surface area contributed by atoms with E-state index in [1.54, 1.807) is 0 Å². The fraction of sp³-hybridized carbons (Fsp3) is 0.0227. The highest BCUT2D eigenvalue weighted by Gasteiger charge is 2.23. The Balaban J connectivity index is 1.35. The molecule has 47 heavy (non-hydrogen) atoms. The summed E-state index contributed by atoms with van der Waals surface area (Å²) in [6, 6.07) is 53.9. The zero-order valence-electron chi connectivity index (χ0n) is 25.7. The monoisotopic (exact) mass is 600 g/mol. The van der Waals surface area contributed by atoms with Gasteiger partial charge in [0.25, 0.3) is 0 Å². The first-order chi connectivity index (χ1) is 23.2. The Morgan fingerprint density at radius 1 is 0.489 bits per heavy atom. The summed E-state index contributed by atoms with van der Waals surface area (Å²) in [7, 11) is 0. The third kappa shape index (κ3) is 3.84. The minimum atomic E-state index is 0.882. The molecule has 0 unspecified atom stereocenters. The highest BCUT2D eigenvalue weighted by atomic mass is 16.3. The maximum absolute atomic E-state index is 6.48. The van der Waals surface area contributed by atoms with Gasteiger partial charge >= 0.3 is 0 Å². The molecule has 10 rings (SSSR count). The minimum Gasteiger partial charge on any atom is -0.456 e. The van der Waals surface area contributed by atoms with Crippen molar-refractivity contribution in [1.29, 1.82) is 0 Å². The average molecular weight is 601 g/mol. The van der Waals surface area contributed by atoms with Gasteiger partial charge in [0.2, 0.25) is 0 Å². The van der Waals surface area contributed by atoms with E-state index in [1.165, 1.54) is 38.2 Å². The number of aryl methyl sites for hydroxylation is 1. The van der Waals surface area contributed by atoms with Crippen LogP contribution in [0.3, 0.4) is 0 Å². The molecule has 0 aliphatic heterocycles. The number of aromatic nitrogens is 2. The summed E-state index contributed by atoms with van der Waals surface area (Å²) in [4.78, 5) is 5.39. The second-order valence-electron chi connectivity index (χ2n) is 12.4. The molecule has 3 heteroatoms. The largest absolute Gasteiger partial charge is 0.456 e. The first-order valence-corrected chi connectivity index (χ1v) is 16.1. The number of hydrogen-bond donors (Lipinski definition) is 0. The Bertz CT molecular complexity index is 2840. The predicted molar refractivity (Wildman–Crippen MR) is 196 cm³/mol. The van der Waals surface area contributed by atoms with Crippen LogP contribution in [0.1, 0.15) is 5.56 Å². The van der Waals surface area contributed by atoms with Crippen molar-refractivity contribution < 1.29 is 4.42 Å². The third-order valence-corrected chi connectivity index (χ3v) is 9.76. The maximum Gasteiger partial charge on any atom is 0.137 e. The molecule has 0 bridgehead atoms. The Morgan fingerprint density at radius 2 is 1.17 bits per heavy atom. The molecule has 7 aromatic carbocycles. The van der Waals surface area contributed by atoms with Crippen molar-refractivity contribution >= 4 is 65.4 Å². The second kappa shape index (κ2) is 9.90. The Kier molecular flexibility index (Phi) is 5.49. The van der Waals surface area contributed by atoms with Gasteiger partial charge in [0.15, 0.2) is 0 Å². The number of fused-ring (bicyclic) bond motifs is 9. The summed E-state index contributed by atoms with van der Waals surface area (Å²) in [6.07, 6.45) is 0. The lowest BCUT2D eigenvalue weighted by atomic mass is 9.99. The summed E-state index contributed by atoms with van der Waals surface area (Å²) in [5.74, 6) is 0. The summed E-state index contributed by atoms with van der Waals surface area (Å²) in [5, 5.41) is 8.31. The molecule has 0 spiro atoms. The number of nitrogens with zero attached hydrogens (tertiary/aromatic N) is 2. The zero-order chi connectivity index (χ0) is 31.1. The molecule has 0 N–H and O–H groups in total. The van der Waals surface area contributed by atoms with E-state index in [9.17, 15) is 0 Å². The molecule has 0 atom stereocenters. The van der Waals surface area contributed by atoms with E-state index < -0.39 is 0 Å². The van der Waals surface area contributed by atoms with Gasteiger partial charge in [0, 0.05) is 38.6 Å². The molecule has 0 aliphatic carbocycles. The fourth-order valence-corrected chi connectivity index (χ4v) is 7.54. The zero-order valence-corrected chi connectivity index (χ0v) is 25.7. The molecule has 3 nitrogen and oxygen atoms in total. The van der Waals surface area contributed by atoms with Gasteiger partial charge in [-0.15, -0.1) is 0 Å². The van der Waals surface area contributed by atoms with Crippen LogP contribution in [0, 0.1) is 6.92 Å². The number of rotatable bonds is 3. The van der Waals surface area contributed by atoms with E-state index in [2.05, 4.69) is 157 Å². The molecule has 0 saturated carbocycles. The van der Waals surface area contributed by atoms with E-state index in [0.29, 0.717) is 0 Å². The molecular weight excluding hydrogens is 572 g/mol. The van der Waals surface area contributed by atoms with Gasteiger partial charge in [-0.1, -0.05) is 121 Å². The summed E-state index contributed by atoms with van der Waals surface area (Å²) in [6.45, 7) is 2.24. The van der Waals surface area contributed by atoms with Crippen molar-refractivity contribution in [3.05, 3.63) is 157 Å². The van der Waals surface area contributed by atoms with Gasteiger partial charge in [-0.05, 0) is 58.7 Å². The van der Waals surface area contributed by atoms with E-state index in [-0.39, 0.29) is 0 Å². The quantitative estimate of drug-likeness (QED) is 0.202. The number of hydrogen-bond acceptors (Lipinski definition) is 2. The smallest absolute Gasteiger partial charge is 0.137 e. The SMILES string of the molecule is Cc1c(-n2c3cc4oc5ccccc5c4cc3c3c4ccccc4ccc32)c(-c2ccc(-c3ccccc3)cc2)nc2ccccc12. The normalized spacial score (nSPS) is 11.9. The lowest BCUT2D eigenvalue weighted by Gasteiger charge is -2.18. The molecule has 0 saturated heterocycles. The molecule has 0 radical (unpaired) electrons. The average Bonchev–Trinajstić information content (AvgIpc) is 3.66. The molecule has 3 heterocycles. The second-order valence-corrected chi connectivity index (χ2v) is 12.4. The highest BCUT2D eigenvalue weighted by molar-refractivity contribution is 6.25. The molecular formula is C44H28N2O. The minimum absolute atomic E-state index is 0.882. The first kappa shape index (κ1) is 26.1. The summed E-state index contributed by atoms with van der Waals surface area (Å²) in [5.41, 5.74) is 11.7. The lowest BCUT2D eigenvalue weighted by Crippen LogP contribution is -2.03. The van der Waals surface area contributed by atoms with Gasteiger partial charge in [-0.2, -0.15) is 0 Å². The van der Waals surface area contributed by atoms with Crippen LogP contribution in [0.5, 0.6) is 0 Å². The molecule has 3 aromatic heterocycles. The highest BCUT2D eigenvalue weighted by Crippen LogP contribution is 2.44. The third-order valence-electron chi connectivity index (χ3n) is 9.76. The Labute approximate surface area is 270 Å². The van der Waals surface area contributed by atoms with Crippen LogP contribution in [0.4, 0.5) is 0 Å². The van der Waals surface area contributed by atoms with Crippen LogP contribution in [-0.4, -0.2) is 9.55 Å². The van der Waals surface area contributed by atoms with Crippen LogP contribution < -0.4 is 0 Å². The topological polar surface area (TPSA) is 31.0 Å². The lowest BCUT2D eigenvalue weighted by molar-refractivity contribution is 0.669. The van der Waals surface area contributed by atoms with E-state index in [1.807, 2.05) is 6.07 Å². The fourth-order valence-electron chi connectivity index (χ4n) is 7.54. The van der Waals surface area contributed by atoms with E-state index in [4.69, 9.17) is 9.40 Å². The molecule has 0 aliphatic rings. The standard InChI is InChI=1S/C44H28N2O/c1-27-32-14-7-9-17-37(32)45-43(31-21-19-29(20-22-31)28-11-3-2-4-12-28)44(27)46-38-24-23-30-13-5-6-15-33(30)42(38)36-25-35-34-16-8-10-18-40(34)47-41(35)26-39(36)46/h2-26H,1H3. The number of pyridine rings is 1. The van der Waals surface area contributed by atoms with Crippen LogP contribution in [-0.2, 0) is 0 Å². The Morgan fingerprint density at radius 3 is 2.02 bits per heavy atom.